The number of carbonyl (C=O) groups excluding carboxylic acids is 1. The Kier molecular flexibility index (Phi) is 6.55. The van der Waals surface area contributed by atoms with Crippen molar-refractivity contribution >= 4 is 39.0 Å². The van der Waals surface area contributed by atoms with Crippen molar-refractivity contribution in [1.29, 1.82) is 0 Å². The third-order valence-corrected chi connectivity index (χ3v) is 3.52. The first-order valence-corrected chi connectivity index (χ1v) is 7.54. The number of halogens is 2. The third kappa shape index (κ3) is 5.17. The van der Waals surface area contributed by atoms with Crippen LogP contribution in [0.3, 0.4) is 0 Å². The summed E-state index contributed by atoms with van der Waals surface area (Å²) in [4.78, 5) is 14.6. The molecular weight excluding hydrogens is 343 g/mol. The summed E-state index contributed by atoms with van der Waals surface area (Å²) in [6, 6.07) is 4.04. The van der Waals surface area contributed by atoms with Crippen molar-refractivity contribution in [2.75, 3.05) is 13.1 Å². The Bertz CT molecular complexity index is 508. The molecule has 0 unspecified atom stereocenters. The Morgan fingerprint density at radius 3 is 2.65 bits per heavy atom. The van der Waals surface area contributed by atoms with Crippen LogP contribution in [0.25, 0.3) is 0 Å². The molecule has 0 saturated carbocycles. The first-order chi connectivity index (χ1) is 9.31. The van der Waals surface area contributed by atoms with E-state index in [4.69, 9.17) is 18.0 Å². The van der Waals surface area contributed by atoms with E-state index in [9.17, 15) is 9.18 Å². The predicted molar refractivity (Wildman–Crippen MR) is 86.2 cm³/mol. The van der Waals surface area contributed by atoms with Crippen LogP contribution in [0.2, 0.25) is 0 Å². The zero-order valence-corrected chi connectivity index (χ0v) is 13.9. The Morgan fingerprint density at radius 2 is 2.15 bits per heavy atom. The highest BCUT2D eigenvalue weighted by Crippen LogP contribution is 2.20. The average Bonchev–Trinajstić information content (AvgIpc) is 2.33. The molecule has 20 heavy (non-hydrogen) atoms. The van der Waals surface area contributed by atoms with E-state index in [2.05, 4.69) is 15.9 Å². The van der Waals surface area contributed by atoms with Crippen LogP contribution < -0.4 is 5.73 Å². The second-order valence-corrected chi connectivity index (χ2v) is 6.36. The highest BCUT2D eigenvalue weighted by molar-refractivity contribution is 9.10. The zero-order chi connectivity index (χ0) is 15.3. The molecule has 0 bridgehead atoms. The summed E-state index contributed by atoms with van der Waals surface area (Å²) in [6.45, 7) is 5.13. The van der Waals surface area contributed by atoms with E-state index in [1.54, 1.807) is 4.90 Å². The molecule has 0 fully saturated rings. The molecule has 110 valence electrons. The minimum atomic E-state index is -0.382. The average molecular weight is 361 g/mol. The maximum atomic E-state index is 13.1. The fourth-order valence-electron chi connectivity index (χ4n) is 1.79. The lowest BCUT2D eigenvalue weighted by Crippen LogP contribution is -2.36. The number of rotatable bonds is 6. The van der Waals surface area contributed by atoms with Crippen molar-refractivity contribution in [3.63, 3.8) is 0 Å². The number of amides is 1. The van der Waals surface area contributed by atoms with Gasteiger partial charge < -0.3 is 10.6 Å². The Hall–Kier alpha value is -1.01. The van der Waals surface area contributed by atoms with E-state index in [-0.39, 0.29) is 11.7 Å². The molecule has 0 aromatic heterocycles. The van der Waals surface area contributed by atoms with E-state index in [1.165, 1.54) is 18.2 Å². The van der Waals surface area contributed by atoms with E-state index >= 15 is 0 Å². The number of hydrogen-bond acceptors (Lipinski definition) is 2. The lowest BCUT2D eigenvalue weighted by Gasteiger charge is -2.25. The molecule has 0 atom stereocenters. The van der Waals surface area contributed by atoms with Gasteiger partial charge in [-0.3, -0.25) is 4.79 Å². The first kappa shape index (κ1) is 17.0. The lowest BCUT2D eigenvalue weighted by atomic mass is 10.1. The fourth-order valence-corrected chi connectivity index (χ4v) is 2.41. The number of nitrogens with zero attached hydrogens (tertiary/aromatic N) is 1. The lowest BCUT2D eigenvalue weighted by molar-refractivity contribution is 0.0740. The monoisotopic (exact) mass is 360 g/mol. The smallest absolute Gasteiger partial charge is 0.255 e. The van der Waals surface area contributed by atoms with Crippen LogP contribution in [-0.4, -0.2) is 28.9 Å². The van der Waals surface area contributed by atoms with Crippen molar-refractivity contribution in [3.8, 4) is 0 Å². The summed E-state index contributed by atoms with van der Waals surface area (Å²) in [5, 5.41) is 0. The van der Waals surface area contributed by atoms with E-state index in [1.807, 2.05) is 13.8 Å². The first-order valence-electron chi connectivity index (χ1n) is 6.34. The van der Waals surface area contributed by atoms with Crippen molar-refractivity contribution in [3.05, 3.63) is 34.1 Å². The van der Waals surface area contributed by atoms with Gasteiger partial charge in [-0.1, -0.05) is 26.1 Å². The van der Waals surface area contributed by atoms with Gasteiger partial charge in [-0.25, -0.2) is 4.39 Å². The summed E-state index contributed by atoms with van der Waals surface area (Å²) in [5.74, 6) is -0.210. The van der Waals surface area contributed by atoms with Crippen molar-refractivity contribution in [1.82, 2.24) is 4.90 Å². The fraction of sp³-hybridized carbons (Fsp3) is 0.429. The number of thiocarbonyl (C=S) groups is 1. The van der Waals surface area contributed by atoms with E-state index in [0.29, 0.717) is 40.5 Å². The van der Waals surface area contributed by atoms with Gasteiger partial charge in [0.1, 0.15) is 5.82 Å². The molecule has 1 aromatic carbocycles. The Balaban J connectivity index is 2.93. The SMILES string of the molecule is CC(C)CN(CCC(N)=S)C(=O)c1ccc(F)cc1Br. The minimum absolute atomic E-state index is 0.151. The van der Waals surface area contributed by atoms with Gasteiger partial charge in [0.15, 0.2) is 0 Å². The summed E-state index contributed by atoms with van der Waals surface area (Å²) in [7, 11) is 0. The quantitative estimate of drug-likeness (QED) is 0.791. The second-order valence-electron chi connectivity index (χ2n) is 4.99. The van der Waals surface area contributed by atoms with Crippen molar-refractivity contribution in [2.45, 2.75) is 20.3 Å². The van der Waals surface area contributed by atoms with Gasteiger partial charge >= 0.3 is 0 Å². The zero-order valence-electron chi connectivity index (χ0n) is 11.5. The van der Waals surface area contributed by atoms with Crippen molar-refractivity contribution in [2.24, 2.45) is 11.7 Å². The number of carbonyl (C=O) groups is 1. The third-order valence-electron chi connectivity index (χ3n) is 2.66. The summed E-state index contributed by atoms with van der Waals surface area (Å²) < 4.78 is 13.5. The molecule has 0 aliphatic heterocycles. The minimum Gasteiger partial charge on any atom is -0.393 e. The summed E-state index contributed by atoms with van der Waals surface area (Å²) in [5.41, 5.74) is 5.93. The standard InChI is InChI=1S/C14H18BrFN2OS/c1-9(2)8-18(6-5-13(17)20)14(19)11-4-3-10(16)7-12(11)15/h3-4,7,9H,5-6,8H2,1-2H3,(H2,17,20). The molecular formula is C14H18BrFN2OS. The largest absolute Gasteiger partial charge is 0.393 e. The van der Waals surface area contributed by atoms with Crippen LogP contribution in [0.15, 0.2) is 22.7 Å². The molecule has 0 aliphatic carbocycles. The van der Waals surface area contributed by atoms with Crippen LogP contribution in [0, 0.1) is 11.7 Å². The van der Waals surface area contributed by atoms with Crippen LogP contribution in [0.5, 0.6) is 0 Å². The van der Waals surface area contributed by atoms with Gasteiger partial charge in [-0.15, -0.1) is 0 Å². The number of hydrogen-bond donors (Lipinski definition) is 1. The molecule has 6 heteroatoms. The highest BCUT2D eigenvalue weighted by Gasteiger charge is 2.19. The maximum absolute atomic E-state index is 13.1. The Labute approximate surface area is 132 Å². The summed E-state index contributed by atoms with van der Waals surface area (Å²) in [6.07, 6.45) is 0.479. The normalized spacial score (nSPS) is 10.7. The molecule has 1 amide bonds. The van der Waals surface area contributed by atoms with Crippen LogP contribution >= 0.6 is 28.1 Å². The molecule has 0 aliphatic rings. The molecule has 3 nitrogen and oxygen atoms in total. The molecule has 1 aromatic rings. The summed E-state index contributed by atoms with van der Waals surface area (Å²) >= 11 is 8.08. The van der Waals surface area contributed by atoms with E-state index < -0.39 is 0 Å². The molecule has 0 saturated heterocycles. The number of benzene rings is 1. The topological polar surface area (TPSA) is 46.3 Å². The van der Waals surface area contributed by atoms with Gasteiger partial charge in [0.2, 0.25) is 0 Å². The second kappa shape index (κ2) is 7.69. The Morgan fingerprint density at radius 1 is 1.50 bits per heavy atom. The molecule has 0 heterocycles. The highest BCUT2D eigenvalue weighted by atomic mass is 79.9. The van der Waals surface area contributed by atoms with Crippen LogP contribution in [0.1, 0.15) is 30.6 Å². The van der Waals surface area contributed by atoms with Crippen molar-refractivity contribution < 1.29 is 9.18 Å². The van der Waals surface area contributed by atoms with E-state index in [0.717, 1.165) is 0 Å². The number of nitrogens with two attached hydrogens (primary N) is 1. The predicted octanol–water partition coefficient (Wildman–Crippen LogP) is 3.36. The molecule has 2 N–H and O–H groups in total. The maximum Gasteiger partial charge on any atom is 0.255 e. The van der Waals surface area contributed by atoms with Crippen LogP contribution in [-0.2, 0) is 0 Å². The molecule has 0 radical (unpaired) electrons. The van der Waals surface area contributed by atoms with Gasteiger partial charge in [0, 0.05) is 24.0 Å². The molecule has 0 spiro atoms. The molecule has 1 rings (SSSR count). The van der Waals surface area contributed by atoms with Crippen LogP contribution in [0.4, 0.5) is 4.39 Å². The van der Waals surface area contributed by atoms with Gasteiger partial charge in [0.25, 0.3) is 5.91 Å². The van der Waals surface area contributed by atoms with Gasteiger partial charge in [-0.05, 0) is 40.0 Å². The van der Waals surface area contributed by atoms with Gasteiger partial charge in [0.05, 0.1) is 10.6 Å². The van der Waals surface area contributed by atoms with Gasteiger partial charge in [-0.2, -0.15) is 0 Å².